The van der Waals surface area contributed by atoms with E-state index in [9.17, 15) is 4.79 Å². The molecule has 0 saturated heterocycles. The maximum atomic E-state index is 11.0. The summed E-state index contributed by atoms with van der Waals surface area (Å²) in [5.41, 5.74) is 0. The van der Waals surface area contributed by atoms with Crippen molar-refractivity contribution in [1.29, 1.82) is 0 Å². The van der Waals surface area contributed by atoms with E-state index in [0.717, 1.165) is 12.8 Å². The molecular formula is C10H18N2O2S. The first kappa shape index (κ1) is 12.2. The Morgan fingerprint density at radius 2 is 2.07 bits per heavy atom. The summed E-state index contributed by atoms with van der Waals surface area (Å²) in [5.74, 6) is 0. The van der Waals surface area contributed by atoms with E-state index in [1.165, 1.54) is 19.3 Å². The molecule has 1 aliphatic carbocycles. The fourth-order valence-corrected chi connectivity index (χ4v) is 1.98. The van der Waals surface area contributed by atoms with Crippen LogP contribution in [0.1, 0.15) is 39.0 Å². The molecule has 0 spiro atoms. The van der Waals surface area contributed by atoms with Crippen LogP contribution < -0.4 is 10.6 Å². The van der Waals surface area contributed by atoms with Crippen molar-refractivity contribution < 1.29 is 9.53 Å². The lowest BCUT2D eigenvalue weighted by Gasteiger charge is -2.23. The molecule has 0 atom stereocenters. The van der Waals surface area contributed by atoms with Crippen molar-refractivity contribution in [2.45, 2.75) is 45.1 Å². The first-order valence-corrected chi connectivity index (χ1v) is 5.87. The topological polar surface area (TPSA) is 50.4 Å². The largest absolute Gasteiger partial charge is 0.450 e. The van der Waals surface area contributed by atoms with E-state index in [4.69, 9.17) is 17.0 Å². The van der Waals surface area contributed by atoms with Gasteiger partial charge in [-0.15, -0.1) is 0 Å². The van der Waals surface area contributed by atoms with Crippen LogP contribution in [0, 0.1) is 0 Å². The SMILES string of the molecule is CCOC(=O)NC(=S)NC1CCCCC1. The van der Waals surface area contributed by atoms with Crippen molar-refractivity contribution in [3.8, 4) is 0 Å². The van der Waals surface area contributed by atoms with Gasteiger partial charge in [-0.1, -0.05) is 19.3 Å². The predicted molar refractivity (Wildman–Crippen MR) is 62.8 cm³/mol. The Hall–Kier alpha value is -0.840. The Balaban J connectivity index is 2.19. The summed E-state index contributed by atoms with van der Waals surface area (Å²) in [6.45, 7) is 2.12. The molecule has 0 aromatic rings. The van der Waals surface area contributed by atoms with E-state index in [0.29, 0.717) is 17.8 Å². The van der Waals surface area contributed by atoms with Gasteiger partial charge in [0.1, 0.15) is 0 Å². The number of thiocarbonyl (C=S) groups is 1. The van der Waals surface area contributed by atoms with Gasteiger partial charge in [0.05, 0.1) is 6.61 Å². The zero-order valence-corrected chi connectivity index (χ0v) is 9.86. The second-order valence-electron chi connectivity index (χ2n) is 3.65. The summed E-state index contributed by atoms with van der Waals surface area (Å²) in [7, 11) is 0. The molecule has 1 aliphatic rings. The third-order valence-electron chi connectivity index (χ3n) is 2.43. The number of alkyl carbamates (subject to hydrolysis) is 1. The number of carbonyl (C=O) groups excluding carboxylic acids is 1. The molecule has 0 aromatic carbocycles. The molecule has 1 fully saturated rings. The van der Waals surface area contributed by atoms with Gasteiger partial charge in [-0.3, -0.25) is 5.32 Å². The Morgan fingerprint density at radius 1 is 1.40 bits per heavy atom. The monoisotopic (exact) mass is 230 g/mol. The van der Waals surface area contributed by atoms with Crippen molar-refractivity contribution in [3.63, 3.8) is 0 Å². The lowest BCUT2D eigenvalue weighted by Crippen LogP contribution is -2.45. The van der Waals surface area contributed by atoms with Crippen molar-refractivity contribution in [1.82, 2.24) is 10.6 Å². The highest BCUT2D eigenvalue weighted by Crippen LogP contribution is 2.17. The highest BCUT2D eigenvalue weighted by atomic mass is 32.1. The van der Waals surface area contributed by atoms with Crippen molar-refractivity contribution in [2.24, 2.45) is 0 Å². The molecule has 5 heteroatoms. The predicted octanol–water partition coefficient (Wildman–Crippen LogP) is 1.94. The highest BCUT2D eigenvalue weighted by Gasteiger charge is 2.14. The van der Waals surface area contributed by atoms with Gasteiger partial charge in [-0.2, -0.15) is 0 Å². The third-order valence-corrected chi connectivity index (χ3v) is 2.65. The molecule has 0 aromatic heterocycles. The van der Waals surface area contributed by atoms with E-state index in [-0.39, 0.29) is 0 Å². The van der Waals surface area contributed by atoms with Crippen LogP contribution in [0.3, 0.4) is 0 Å². The van der Waals surface area contributed by atoms with Crippen LogP contribution in [-0.2, 0) is 4.74 Å². The molecule has 0 heterocycles. The van der Waals surface area contributed by atoms with Crippen LogP contribution in [0.2, 0.25) is 0 Å². The van der Waals surface area contributed by atoms with Crippen LogP contribution in [0.25, 0.3) is 0 Å². The van der Waals surface area contributed by atoms with Crippen LogP contribution >= 0.6 is 12.2 Å². The number of hydrogen-bond acceptors (Lipinski definition) is 3. The molecule has 1 rings (SSSR count). The molecule has 15 heavy (non-hydrogen) atoms. The molecule has 1 saturated carbocycles. The van der Waals surface area contributed by atoms with Gasteiger partial charge >= 0.3 is 6.09 Å². The average molecular weight is 230 g/mol. The summed E-state index contributed by atoms with van der Waals surface area (Å²) < 4.78 is 4.72. The Labute approximate surface area is 95.8 Å². The summed E-state index contributed by atoms with van der Waals surface area (Å²) in [5, 5.41) is 5.99. The fourth-order valence-electron chi connectivity index (χ4n) is 1.73. The summed E-state index contributed by atoms with van der Waals surface area (Å²) in [4.78, 5) is 11.0. The zero-order valence-electron chi connectivity index (χ0n) is 9.04. The van der Waals surface area contributed by atoms with E-state index < -0.39 is 6.09 Å². The molecule has 0 aliphatic heterocycles. The van der Waals surface area contributed by atoms with Gasteiger partial charge in [0, 0.05) is 6.04 Å². The van der Waals surface area contributed by atoms with Crippen LogP contribution in [-0.4, -0.2) is 23.9 Å². The third kappa shape index (κ3) is 4.97. The zero-order chi connectivity index (χ0) is 11.1. The van der Waals surface area contributed by atoms with Crippen LogP contribution in [0.15, 0.2) is 0 Å². The van der Waals surface area contributed by atoms with Gasteiger partial charge in [-0.05, 0) is 32.0 Å². The first-order valence-electron chi connectivity index (χ1n) is 5.46. The second kappa shape index (κ2) is 6.61. The van der Waals surface area contributed by atoms with Crippen molar-refractivity contribution in [2.75, 3.05) is 6.61 Å². The first-order chi connectivity index (χ1) is 7.22. The summed E-state index contributed by atoms with van der Waals surface area (Å²) >= 11 is 5.00. The van der Waals surface area contributed by atoms with Crippen molar-refractivity contribution >= 4 is 23.4 Å². The minimum Gasteiger partial charge on any atom is -0.450 e. The number of hydrogen-bond donors (Lipinski definition) is 2. The van der Waals surface area contributed by atoms with Crippen molar-refractivity contribution in [3.05, 3.63) is 0 Å². The minimum atomic E-state index is -0.481. The normalized spacial score (nSPS) is 16.9. The number of carbonyl (C=O) groups is 1. The van der Waals surface area contributed by atoms with E-state index >= 15 is 0 Å². The molecule has 2 N–H and O–H groups in total. The fraction of sp³-hybridized carbons (Fsp3) is 0.800. The maximum Gasteiger partial charge on any atom is 0.413 e. The molecule has 4 nitrogen and oxygen atoms in total. The molecular weight excluding hydrogens is 212 g/mol. The lowest BCUT2D eigenvalue weighted by molar-refractivity contribution is 0.157. The quantitative estimate of drug-likeness (QED) is 0.712. The van der Waals surface area contributed by atoms with E-state index in [1.54, 1.807) is 6.92 Å². The van der Waals surface area contributed by atoms with Gasteiger partial charge < -0.3 is 10.1 Å². The van der Waals surface area contributed by atoms with Gasteiger partial charge in [-0.25, -0.2) is 4.79 Å². The number of ether oxygens (including phenoxy) is 1. The van der Waals surface area contributed by atoms with E-state index in [1.807, 2.05) is 0 Å². The maximum absolute atomic E-state index is 11.0. The second-order valence-corrected chi connectivity index (χ2v) is 4.06. The van der Waals surface area contributed by atoms with Gasteiger partial charge in [0.25, 0.3) is 0 Å². The van der Waals surface area contributed by atoms with Gasteiger partial charge in [0.2, 0.25) is 0 Å². The Bertz CT molecular complexity index is 227. The standard InChI is InChI=1S/C10H18N2O2S/c1-2-14-10(13)12-9(15)11-8-6-4-3-5-7-8/h8H,2-7H2,1H3,(H2,11,12,13,15). The van der Waals surface area contributed by atoms with Gasteiger partial charge in [0.15, 0.2) is 5.11 Å². The highest BCUT2D eigenvalue weighted by molar-refractivity contribution is 7.80. The number of amides is 1. The lowest BCUT2D eigenvalue weighted by atomic mass is 9.96. The minimum absolute atomic E-state index is 0.359. The van der Waals surface area contributed by atoms with E-state index in [2.05, 4.69) is 10.6 Å². The molecule has 0 bridgehead atoms. The Morgan fingerprint density at radius 3 is 2.67 bits per heavy atom. The molecule has 0 radical (unpaired) electrons. The Kier molecular flexibility index (Phi) is 5.39. The average Bonchev–Trinajstić information content (AvgIpc) is 2.19. The summed E-state index contributed by atoms with van der Waals surface area (Å²) in [6.07, 6.45) is 5.55. The number of nitrogens with one attached hydrogen (secondary N) is 2. The van der Waals surface area contributed by atoms with Crippen LogP contribution in [0.4, 0.5) is 4.79 Å². The molecule has 0 unspecified atom stereocenters. The molecule has 86 valence electrons. The smallest absolute Gasteiger partial charge is 0.413 e. The van der Waals surface area contributed by atoms with Crippen LogP contribution in [0.5, 0.6) is 0 Å². The number of rotatable bonds is 2. The summed E-state index contributed by atoms with van der Waals surface area (Å²) in [6, 6.07) is 0.410. The molecule has 1 amide bonds.